The molecule has 0 unspecified atom stereocenters. The summed E-state index contributed by atoms with van der Waals surface area (Å²) in [4.78, 5) is 12.9. The van der Waals surface area contributed by atoms with E-state index in [1.807, 2.05) is 17.5 Å². The first-order chi connectivity index (χ1) is 9.36. The molecular weight excluding hydrogens is 276 g/mol. The minimum absolute atomic E-state index is 0.757. The summed E-state index contributed by atoms with van der Waals surface area (Å²) in [5.41, 5.74) is 4.14. The molecule has 19 heavy (non-hydrogen) atoms. The van der Waals surface area contributed by atoms with Crippen molar-refractivity contribution in [2.75, 3.05) is 5.43 Å². The maximum Gasteiger partial charge on any atom is 0.173 e. The maximum atomic E-state index is 5.66. The second kappa shape index (κ2) is 4.26. The second-order valence-electron chi connectivity index (χ2n) is 4.55. The highest BCUT2D eigenvalue weighted by atomic mass is 32.1. The number of rotatable bonds is 2. The number of nitrogen functional groups attached to an aromatic ring is 1. The lowest BCUT2D eigenvalue weighted by atomic mass is 10.2. The van der Waals surface area contributed by atoms with Crippen LogP contribution in [-0.4, -0.2) is 9.97 Å². The van der Waals surface area contributed by atoms with Gasteiger partial charge in [0.25, 0.3) is 0 Å². The van der Waals surface area contributed by atoms with Gasteiger partial charge in [-0.3, -0.25) is 0 Å². The summed E-state index contributed by atoms with van der Waals surface area (Å²) in [6.07, 6.45) is 3.51. The van der Waals surface area contributed by atoms with Crippen LogP contribution in [0.1, 0.15) is 16.9 Å². The minimum atomic E-state index is 0.757. The van der Waals surface area contributed by atoms with Crippen LogP contribution in [0.25, 0.3) is 20.9 Å². The van der Waals surface area contributed by atoms with E-state index in [4.69, 9.17) is 10.8 Å². The predicted octanol–water partition coefficient (Wildman–Crippen LogP) is 3.19. The highest BCUT2D eigenvalue weighted by Crippen LogP contribution is 2.40. The van der Waals surface area contributed by atoms with Gasteiger partial charge in [0.2, 0.25) is 0 Å². The Hall–Kier alpha value is -1.50. The lowest BCUT2D eigenvalue weighted by Gasteiger charge is -2.05. The summed E-state index contributed by atoms with van der Waals surface area (Å²) in [7, 11) is 0. The Morgan fingerprint density at radius 1 is 1.26 bits per heavy atom. The average molecular weight is 288 g/mol. The number of hydrogen-bond donors (Lipinski definition) is 2. The monoisotopic (exact) mass is 288 g/mol. The van der Waals surface area contributed by atoms with E-state index < -0.39 is 0 Å². The first-order valence-electron chi connectivity index (χ1n) is 6.19. The number of anilines is 1. The Bertz CT molecular complexity index is 746. The van der Waals surface area contributed by atoms with E-state index in [9.17, 15) is 0 Å². The van der Waals surface area contributed by atoms with Crippen LogP contribution < -0.4 is 11.3 Å². The van der Waals surface area contributed by atoms with Crippen molar-refractivity contribution in [2.45, 2.75) is 19.3 Å². The summed E-state index contributed by atoms with van der Waals surface area (Å²) in [6, 6.07) is 4.05. The highest BCUT2D eigenvalue weighted by molar-refractivity contribution is 7.19. The third-order valence-corrected chi connectivity index (χ3v) is 5.49. The summed E-state index contributed by atoms with van der Waals surface area (Å²) in [5, 5.41) is 3.16. The van der Waals surface area contributed by atoms with E-state index in [1.165, 1.54) is 16.9 Å². The first-order valence-corrected chi connectivity index (χ1v) is 7.89. The number of nitrogens with zero attached hydrogens (tertiary/aromatic N) is 2. The van der Waals surface area contributed by atoms with Gasteiger partial charge in [0.05, 0.1) is 10.3 Å². The van der Waals surface area contributed by atoms with Crippen molar-refractivity contribution in [2.24, 2.45) is 5.84 Å². The van der Waals surface area contributed by atoms with Gasteiger partial charge in [0.15, 0.2) is 11.6 Å². The van der Waals surface area contributed by atoms with Crippen LogP contribution >= 0.6 is 22.7 Å². The van der Waals surface area contributed by atoms with Crippen LogP contribution in [0.15, 0.2) is 17.5 Å². The number of nitrogens with one attached hydrogen (secondary N) is 1. The topological polar surface area (TPSA) is 63.8 Å². The van der Waals surface area contributed by atoms with Crippen LogP contribution in [0, 0.1) is 0 Å². The third kappa shape index (κ3) is 1.68. The first kappa shape index (κ1) is 11.3. The molecule has 4 rings (SSSR count). The molecule has 1 aliphatic carbocycles. The van der Waals surface area contributed by atoms with Crippen LogP contribution in [0.2, 0.25) is 0 Å². The molecule has 3 aromatic heterocycles. The van der Waals surface area contributed by atoms with Crippen molar-refractivity contribution in [1.82, 2.24) is 9.97 Å². The van der Waals surface area contributed by atoms with E-state index in [2.05, 4.69) is 10.4 Å². The largest absolute Gasteiger partial charge is 0.308 e. The van der Waals surface area contributed by atoms with Crippen molar-refractivity contribution in [3.63, 3.8) is 0 Å². The molecule has 0 atom stereocenters. The van der Waals surface area contributed by atoms with E-state index in [0.717, 1.165) is 39.6 Å². The van der Waals surface area contributed by atoms with Gasteiger partial charge >= 0.3 is 0 Å². The van der Waals surface area contributed by atoms with Gasteiger partial charge in [-0.05, 0) is 36.3 Å². The Labute approximate surface area is 118 Å². The molecule has 0 saturated carbocycles. The van der Waals surface area contributed by atoms with Crippen LogP contribution in [0.3, 0.4) is 0 Å². The lowest BCUT2D eigenvalue weighted by molar-refractivity contribution is 0.917. The third-order valence-electron chi connectivity index (χ3n) is 3.44. The number of thiophene rings is 2. The van der Waals surface area contributed by atoms with Gasteiger partial charge in [-0.15, -0.1) is 22.7 Å². The van der Waals surface area contributed by atoms with E-state index in [-0.39, 0.29) is 0 Å². The Morgan fingerprint density at radius 3 is 3.00 bits per heavy atom. The molecular formula is C13H12N4S2. The van der Waals surface area contributed by atoms with Crippen LogP contribution in [0.4, 0.5) is 5.82 Å². The molecule has 0 fully saturated rings. The fourth-order valence-electron chi connectivity index (χ4n) is 2.62. The van der Waals surface area contributed by atoms with Gasteiger partial charge in [-0.1, -0.05) is 6.07 Å². The standard InChI is InChI=1S/C13H12N4S2/c14-17-12-10-7-3-1-4-8(7)19-13(10)16-11(15-12)9-5-2-6-18-9/h2,5-6H,1,3-4,14H2,(H,15,16,17). The number of hydrazine groups is 1. The quantitative estimate of drug-likeness (QED) is 0.561. The smallest absolute Gasteiger partial charge is 0.173 e. The molecule has 0 amide bonds. The fourth-order valence-corrected chi connectivity index (χ4v) is 4.53. The number of nitrogens with two attached hydrogens (primary N) is 1. The number of aryl methyl sites for hydroxylation is 2. The van der Waals surface area contributed by atoms with Gasteiger partial charge in [-0.25, -0.2) is 15.8 Å². The number of aromatic nitrogens is 2. The molecule has 4 nitrogen and oxygen atoms in total. The van der Waals surface area contributed by atoms with Crippen LogP contribution in [-0.2, 0) is 12.8 Å². The van der Waals surface area contributed by atoms with Crippen molar-refractivity contribution < 1.29 is 0 Å². The van der Waals surface area contributed by atoms with Crippen molar-refractivity contribution >= 4 is 38.7 Å². The Balaban J connectivity index is 2.01. The van der Waals surface area contributed by atoms with Crippen LogP contribution in [0.5, 0.6) is 0 Å². The Kier molecular flexibility index (Phi) is 2.54. The number of fused-ring (bicyclic) bond motifs is 3. The molecule has 3 aromatic rings. The normalized spacial score (nSPS) is 13.9. The summed E-state index contributed by atoms with van der Waals surface area (Å²) < 4.78 is 0. The second-order valence-corrected chi connectivity index (χ2v) is 6.59. The van der Waals surface area contributed by atoms with E-state index in [1.54, 1.807) is 22.7 Å². The molecule has 0 saturated heterocycles. The maximum absolute atomic E-state index is 5.66. The lowest BCUT2D eigenvalue weighted by Crippen LogP contribution is -2.10. The molecule has 0 aliphatic heterocycles. The van der Waals surface area contributed by atoms with E-state index >= 15 is 0 Å². The molecule has 3 heterocycles. The van der Waals surface area contributed by atoms with Gasteiger partial charge in [0.1, 0.15) is 4.83 Å². The summed E-state index contributed by atoms with van der Waals surface area (Å²) in [5.74, 6) is 7.18. The average Bonchev–Trinajstić information content (AvgIpc) is 3.13. The van der Waals surface area contributed by atoms with Gasteiger partial charge in [-0.2, -0.15) is 0 Å². The Morgan fingerprint density at radius 2 is 2.21 bits per heavy atom. The molecule has 0 spiro atoms. The summed E-state index contributed by atoms with van der Waals surface area (Å²) in [6.45, 7) is 0. The minimum Gasteiger partial charge on any atom is -0.308 e. The summed E-state index contributed by atoms with van der Waals surface area (Å²) >= 11 is 3.43. The van der Waals surface area contributed by atoms with E-state index in [0.29, 0.717) is 0 Å². The molecule has 0 radical (unpaired) electrons. The molecule has 1 aliphatic rings. The zero-order valence-electron chi connectivity index (χ0n) is 10.1. The zero-order valence-corrected chi connectivity index (χ0v) is 11.8. The molecule has 0 aromatic carbocycles. The predicted molar refractivity (Wildman–Crippen MR) is 80.6 cm³/mol. The molecule has 6 heteroatoms. The SMILES string of the molecule is NNc1nc(-c2cccs2)nc2sc3c(c12)CCC3. The molecule has 3 N–H and O–H groups in total. The highest BCUT2D eigenvalue weighted by Gasteiger charge is 2.22. The molecule has 0 bridgehead atoms. The van der Waals surface area contributed by atoms with Crippen molar-refractivity contribution in [3.05, 3.63) is 28.0 Å². The number of hydrogen-bond acceptors (Lipinski definition) is 6. The fraction of sp³-hybridized carbons (Fsp3) is 0.231. The van der Waals surface area contributed by atoms with Gasteiger partial charge in [0, 0.05) is 4.88 Å². The van der Waals surface area contributed by atoms with Crippen molar-refractivity contribution in [1.29, 1.82) is 0 Å². The zero-order chi connectivity index (χ0) is 12.8. The van der Waals surface area contributed by atoms with Gasteiger partial charge < -0.3 is 5.43 Å². The molecule has 96 valence electrons. The van der Waals surface area contributed by atoms with Crippen molar-refractivity contribution in [3.8, 4) is 10.7 Å².